The highest BCUT2D eigenvalue weighted by Gasteiger charge is 2.32. The van der Waals surface area contributed by atoms with Crippen LogP contribution in [0.3, 0.4) is 0 Å². The minimum Gasteiger partial charge on any atom is -0.325 e. The van der Waals surface area contributed by atoms with E-state index in [1.165, 1.54) is 38.5 Å². The first kappa shape index (κ1) is 20.5. The van der Waals surface area contributed by atoms with Gasteiger partial charge in [0.25, 0.3) is 0 Å². The lowest BCUT2D eigenvalue weighted by Crippen LogP contribution is -2.43. The van der Waals surface area contributed by atoms with E-state index in [9.17, 15) is 0 Å². The van der Waals surface area contributed by atoms with Crippen LogP contribution in [0.1, 0.15) is 87.0 Å². The smallest absolute Gasteiger partial charge is 0.0131 e. The summed E-state index contributed by atoms with van der Waals surface area (Å²) >= 11 is 0. The van der Waals surface area contributed by atoms with Crippen LogP contribution in [0.25, 0.3) is 0 Å². The molecule has 0 radical (unpaired) electrons. The monoisotopic (exact) mass is 319 g/mol. The zero-order chi connectivity index (χ0) is 17.7. The Kier molecular flexibility index (Phi) is 7.58. The van der Waals surface area contributed by atoms with Gasteiger partial charge in [-0.2, -0.15) is 0 Å². The Morgan fingerprint density at radius 3 is 2.52 bits per heavy atom. The van der Waals surface area contributed by atoms with Gasteiger partial charge in [-0.15, -0.1) is 0 Å². The molecule has 0 bridgehead atoms. The van der Waals surface area contributed by atoms with Gasteiger partial charge in [0.2, 0.25) is 0 Å². The van der Waals surface area contributed by atoms with Gasteiger partial charge in [0.15, 0.2) is 0 Å². The Bertz CT molecular complexity index is 408. The molecule has 0 saturated carbocycles. The molecular weight excluding hydrogens is 278 g/mol. The molecule has 23 heavy (non-hydrogen) atoms. The lowest BCUT2D eigenvalue weighted by molar-refractivity contribution is 0.234. The molecule has 1 aliphatic rings. The molecule has 134 valence electrons. The maximum atomic E-state index is 6.51. The van der Waals surface area contributed by atoms with E-state index in [0.29, 0.717) is 23.2 Å². The SMILES string of the molecule is CCCCCC(C(C)C=CC1C(C)=CCCC1(C)C)C(C)(C)N. The lowest BCUT2D eigenvalue weighted by Gasteiger charge is -2.38. The largest absolute Gasteiger partial charge is 0.325 e. The molecule has 0 fully saturated rings. The van der Waals surface area contributed by atoms with Gasteiger partial charge in [0, 0.05) is 11.5 Å². The van der Waals surface area contributed by atoms with Crippen LogP contribution in [0, 0.1) is 23.2 Å². The molecule has 1 heteroatoms. The van der Waals surface area contributed by atoms with Gasteiger partial charge >= 0.3 is 0 Å². The normalized spacial score (nSPS) is 24.5. The molecule has 0 heterocycles. The molecule has 3 unspecified atom stereocenters. The average Bonchev–Trinajstić information content (AvgIpc) is 2.40. The molecule has 0 aliphatic heterocycles. The predicted molar refractivity (Wildman–Crippen MR) is 104 cm³/mol. The number of allylic oxidation sites excluding steroid dienone is 4. The van der Waals surface area contributed by atoms with Crippen molar-refractivity contribution in [1.82, 2.24) is 0 Å². The Morgan fingerprint density at radius 1 is 1.35 bits per heavy atom. The molecule has 0 spiro atoms. The molecule has 1 rings (SSSR count). The summed E-state index contributed by atoms with van der Waals surface area (Å²) in [4.78, 5) is 0. The Hall–Kier alpha value is -0.560. The lowest BCUT2D eigenvalue weighted by atomic mass is 9.68. The standard InChI is InChI=1S/C22H41N/c1-8-9-10-13-20(22(6,7)23)18(3)14-15-19-17(2)12-11-16-21(19,4)5/h12,14-15,18-20H,8-11,13,16,23H2,1-7H3. The fourth-order valence-electron chi connectivity index (χ4n) is 4.33. The minimum atomic E-state index is -0.107. The van der Waals surface area contributed by atoms with Crippen molar-refractivity contribution in [3.05, 3.63) is 23.8 Å². The van der Waals surface area contributed by atoms with Gasteiger partial charge in [-0.25, -0.2) is 0 Å². The van der Waals surface area contributed by atoms with Crippen molar-refractivity contribution < 1.29 is 0 Å². The molecule has 0 amide bonds. The van der Waals surface area contributed by atoms with E-state index >= 15 is 0 Å². The fourth-order valence-corrected chi connectivity index (χ4v) is 4.33. The Balaban J connectivity index is 2.82. The first-order valence-corrected chi connectivity index (χ1v) is 9.73. The van der Waals surface area contributed by atoms with Gasteiger partial charge in [-0.1, -0.05) is 70.8 Å². The topological polar surface area (TPSA) is 26.0 Å². The van der Waals surface area contributed by atoms with E-state index in [4.69, 9.17) is 5.73 Å². The highest BCUT2D eigenvalue weighted by molar-refractivity contribution is 5.19. The summed E-state index contributed by atoms with van der Waals surface area (Å²) in [6, 6.07) is 0. The van der Waals surface area contributed by atoms with Crippen molar-refractivity contribution in [2.24, 2.45) is 28.9 Å². The first-order valence-electron chi connectivity index (χ1n) is 9.73. The number of unbranched alkanes of at least 4 members (excludes halogenated alkanes) is 2. The molecule has 1 aliphatic carbocycles. The van der Waals surface area contributed by atoms with Gasteiger partial charge in [0.1, 0.15) is 0 Å². The minimum absolute atomic E-state index is 0.107. The third-order valence-corrected chi connectivity index (χ3v) is 5.90. The van der Waals surface area contributed by atoms with Crippen molar-refractivity contribution in [2.45, 2.75) is 92.5 Å². The van der Waals surface area contributed by atoms with Crippen LogP contribution >= 0.6 is 0 Å². The Morgan fingerprint density at radius 2 is 2.00 bits per heavy atom. The van der Waals surface area contributed by atoms with Crippen molar-refractivity contribution >= 4 is 0 Å². The first-order chi connectivity index (χ1) is 10.6. The summed E-state index contributed by atoms with van der Waals surface area (Å²) in [6.07, 6.45) is 15.0. The zero-order valence-electron chi connectivity index (χ0n) is 16.8. The molecule has 3 atom stereocenters. The van der Waals surface area contributed by atoms with Crippen LogP contribution in [0.2, 0.25) is 0 Å². The maximum absolute atomic E-state index is 6.51. The quantitative estimate of drug-likeness (QED) is 0.401. The number of nitrogens with two attached hydrogens (primary N) is 1. The number of hydrogen-bond acceptors (Lipinski definition) is 1. The molecule has 0 aromatic rings. The molecular formula is C22H41N. The molecule has 0 aromatic carbocycles. The highest BCUT2D eigenvalue weighted by Crippen LogP contribution is 2.42. The molecule has 0 saturated heterocycles. The summed E-state index contributed by atoms with van der Waals surface area (Å²) in [5.74, 6) is 1.68. The van der Waals surface area contributed by atoms with E-state index in [0.717, 1.165) is 0 Å². The number of hydrogen-bond donors (Lipinski definition) is 1. The maximum Gasteiger partial charge on any atom is 0.0131 e. The third-order valence-electron chi connectivity index (χ3n) is 5.90. The van der Waals surface area contributed by atoms with Crippen LogP contribution in [0.15, 0.2) is 23.8 Å². The van der Waals surface area contributed by atoms with Crippen molar-refractivity contribution in [3.8, 4) is 0 Å². The van der Waals surface area contributed by atoms with Gasteiger partial charge in [0.05, 0.1) is 0 Å². The van der Waals surface area contributed by atoms with Gasteiger partial charge < -0.3 is 5.73 Å². The molecule has 0 aromatic heterocycles. The van der Waals surface area contributed by atoms with Gasteiger partial charge in [-0.3, -0.25) is 0 Å². The number of rotatable bonds is 8. The second-order valence-electron chi connectivity index (χ2n) is 9.12. The fraction of sp³-hybridized carbons (Fsp3) is 0.818. The van der Waals surface area contributed by atoms with Gasteiger partial charge in [-0.05, 0) is 57.3 Å². The van der Waals surface area contributed by atoms with E-state index in [2.05, 4.69) is 66.7 Å². The third kappa shape index (κ3) is 6.10. The van der Waals surface area contributed by atoms with Crippen molar-refractivity contribution in [2.75, 3.05) is 0 Å². The van der Waals surface area contributed by atoms with Crippen molar-refractivity contribution in [3.63, 3.8) is 0 Å². The van der Waals surface area contributed by atoms with Crippen LogP contribution < -0.4 is 5.73 Å². The average molecular weight is 320 g/mol. The van der Waals surface area contributed by atoms with E-state index in [1.54, 1.807) is 5.57 Å². The van der Waals surface area contributed by atoms with Crippen LogP contribution in [0.4, 0.5) is 0 Å². The summed E-state index contributed by atoms with van der Waals surface area (Å²) in [5, 5.41) is 0. The zero-order valence-corrected chi connectivity index (χ0v) is 16.8. The predicted octanol–water partition coefficient (Wildman–Crippen LogP) is 6.50. The second-order valence-corrected chi connectivity index (χ2v) is 9.12. The summed E-state index contributed by atoms with van der Waals surface area (Å²) < 4.78 is 0. The highest BCUT2D eigenvalue weighted by atomic mass is 14.7. The summed E-state index contributed by atoms with van der Waals surface area (Å²) in [7, 11) is 0. The van der Waals surface area contributed by atoms with E-state index in [1.807, 2.05) is 0 Å². The molecule has 2 N–H and O–H groups in total. The van der Waals surface area contributed by atoms with Crippen LogP contribution in [0.5, 0.6) is 0 Å². The summed E-state index contributed by atoms with van der Waals surface area (Å²) in [6.45, 7) is 16.1. The van der Waals surface area contributed by atoms with Crippen LogP contribution in [-0.4, -0.2) is 5.54 Å². The molecule has 1 nitrogen and oxygen atoms in total. The van der Waals surface area contributed by atoms with Crippen molar-refractivity contribution in [1.29, 1.82) is 0 Å². The van der Waals surface area contributed by atoms with E-state index in [-0.39, 0.29) is 5.54 Å². The van der Waals surface area contributed by atoms with Crippen LogP contribution in [-0.2, 0) is 0 Å². The second kappa shape index (κ2) is 8.51. The van der Waals surface area contributed by atoms with E-state index < -0.39 is 0 Å². The summed E-state index contributed by atoms with van der Waals surface area (Å²) in [5.41, 5.74) is 8.32. The Labute approximate surface area is 145 Å².